The molecule has 0 fully saturated rings. The Hall–Kier alpha value is -1.43. The molecule has 1 aromatic rings. The molecule has 1 heterocycles. The minimum atomic E-state index is -0.134. The van der Waals surface area contributed by atoms with Crippen LogP contribution in [0.3, 0.4) is 0 Å². The van der Waals surface area contributed by atoms with E-state index in [0.29, 0.717) is 13.0 Å². The Labute approximate surface area is 95.2 Å². The molecule has 0 saturated carbocycles. The van der Waals surface area contributed by atoms with E-state index in [1.807, 2.05) is 20.9 Å². The lowest BCUT2D eigenvalue weighted by Crippen LogP contribution is -2.30. The summed E-state index contributed by atoms with van der Waals surface area (Å²) in [6, 6.07) is -0.134. The Morgan fingerprint density at radius 2 is 2.31 bits per heavy atom. The van der Waals surface area contributed by atoms with Crippen molar-refractivity contribution in [1.82, 2.24) is 20.1 Å². The number of aryl methyl sites for hydroxylation is 1. The molecular formula is C10H19N5O. The molecule has 1 amide bonds. The van der Waals surface area contributed by atoms with E-state index in [2.05, 4.69) is 15.5 Å². The molecule has 6 nitrogen and oxygen atoms in total. The van der Waals surface area contributed by atoms with Gasteiger partial charge in [0.15, 0.2) is 5.82 Å². The van der Waals surface area contributed by atoms with Gasteiger partial charge in [0.25, 0.3) is 0 Å². The van der Waals surface area contributed by atoms with Crippen molar-refractivity contribution in [3.8, 4) is 0 Å². The van der Waals surface area contributed by atoms with Crippen molar-refractivity contribution in [2.45, 2.75) is 26.3 Å². The Morgan fingerprint density at radius 1 is 1.62 bits per heavy atom. The maximum absolute atomic E-state index is 11.6. The van der Waals surface area contributed by atoms with Gasteiger partial charge in [-0.05, 0) is 19.4 Å². The van der Waals surface area contributed by atoms with Gasteiger partial charge in [0.05, 0.1) is 6.04 Å². The predicted octanol–water partition coefficient (Wildman–Crippen LogP) is -0.0228. The van der Waals surface area contributed by atoms with E-state index in [9.17, 15) is 4.79 Å². The largest absolute Gasteiger partial charge is 0.346 e. The van der Waals surface area contributed by atoms with Crippen LogP contribution in [0, 0.1) is 5.92 Å². The average molecular weight is 225 g/mol. The molecule has 6 heteroatoms. The molecular weight excluding hydrogens is 206 g/mol. The average Bonchev–Trinajstić information content (AvgIpc) is 2.63. The van der Waals surface area contributed by atoms with Gasteiger partial charge in [0.2, 0.25) is 5.91 Å². The van der Waals surface area contributed by atoms with Crippen molar-refractivity contribution in [3.63, 3.8) is 0 Å². The van der Waals surface area contributed by atoms with Crippen LogP contribution < -0.4 is 11.1 Å². The number of amides is 1. The van der Waals surface area contributed by atoms with E-state index in [1.54, 1.807) is 10.9 Å². The fraction of sp³-hybridized carbons (Fsp3) is 0.700. The molecule has 0 bridgehead atoms. The van der Waals surface area contributed by atoms with Crippen molar-refractivity contribution >= 4 is 5.91 Å². The number of hydrogen-bond acceptors (Lipinski definition) is 4. The molecule has 2 unspecified atom stereocenters. The van der Waals surface area contributed by atoms with Crippen molar-refractivity contribution in [1.29, 1.82) is 0 Å². The topological polar surface area (TPSA) is 85.8 Å². The summed E-state index contributed by atoms with van der Waals surface area (Å²) < 4.78 is 1.79. The van der Waals surface area contributed by atoms with Gasteiger partial charge >= 0.3 is 0 Å². The van der Waals surface area contributed by atoms with Gasteiger partial charge in [0, 0.05) is 13.5 Å². The lowest BCUT2D eigenvalue weighted by Gasteiger charge is -2.14. The molecule has 0 spiro atoms. The number of nitrogens with zero attached hydrogens (tertiary/aromatic N) is 3. The zero-order valence-electron chi connectivity index (χ0n) is 9.97. The van der Waals surface area contributed by atoms with Crippen LogP contribution in [0.2, 0.25) is 0 Å². The first-order chi connectivity index (χ1) is 7.54. The van der Waals surface area contributed by atoms with Crippen LogP contribution in [0.25, 0.3) is 0 Å². The Morgan fingerprint density at radius 3 is 2.81 bits per heavy atom. The number of rotatable bonds is 5. The fourth-order valence-corrected chi connectivity index (χ4v) is 1.45. The van der Waals surface area contributed by atoms with E-state index < -0.39 is 0 Å². The van der Waals surface area contributed by atoms with Gasteiger partial charge in [-0.3, -0.25) is 4.79 Å². The second-order valence-corrected chi connectivity index (χ2v) is 4.13. The predicted molar refractivity (Wildman–Crippen MR) is 60.4 cm³/mol. The molecule has 0 aliphatic rings. The SMILES string of the molecule is CC(CN)CC(=O)NC(C)c1nncn1C. The number of aromatic nitrogens is 3. The summed E-state index contributed by atoms with van der Waals surface area (Å²) in [6.07, 6.45) is 2.05. The van der Waals surface area contributed by atoms with Crippen LogP contribution in [0.5, 0.6) is 0 Å². The maximum atomic E-state index is 11.6. The molecule has 16 heavy (non-hydrogen) atoms. The van der Waals surface area contributed by atoms with Crippen molar-refractivity contribution in [3.05, 3.63) is 12.2 Å². The van der Waals surface area contributed by atoms with Gasteiger partial charge in [-0.1, -0.05) is 6.92 Å². The minimum absolute atomic E-state index is 0.00606. The minimum Gasteiger partial charge on any atom is -0.346 e. The molecule has 3 N–H and O–H groups in total. The molecule has 0 radical (unpaired) electrons. The summed E-state index contributed by atoms with van der Waals surface area (Å²) in [5.74, 6) is 0.939. The normalized spacial score (nSPS) is 14.5. The summed E-state index contributed by atoms with van der Waals surface area (Å²) in [7, 11) is 1.85. The lowest BCUT2D eigenvalue weighted by atomic mass is 10.1. The molecule has 0 aromatic carbocycles. The van der Waals surface area contributed by atoms with Crippen LogP contribution in [-0.2, 0) is 11.8 Å². The molecule has 90 valence electrons. The van der Waals surface area contributed by atoms with Crippen molar-refractivity contribution in [2.75, 3.05) is 6.54 Å². The summed E-state index contributed by atoms with van der Waals surface area (Å²) >= 11 is 0. The monoisotopic (exact) mass is 225 g/mol. The summed E-state index contributed by atoms with van der Waals surface area (Å²) in [6.45, 7) is 4.35. The third-order valence-electron chi connectivity index (χ3n) is 2.45. The first-order valence-electron chi connectivity index (χ1n) is 5.38. The first-order valence-corrected chi connectivity index (χ1v) is 5.38. The van der Waals surface area contributed by atoms with E-state index >= 15 is 0 Å². The molecule has 1 rings (SSSR count). The zero-order valence-corrected chi connectivity index (χ0v) is 9.97. The number of carbonyl (C=O) groups is 1. The number of carbonyl (C=O) groups excluding carboxylic acids is 1. The lowest BCUT2D eigenvalue weighted by molar-refractivity contribution is -0.122. The molecule has 0 aliphatic heterocycles. The number of nitrogens with two attached hydrogens (primary N) is 1. The van der Waals surface area contributed by atoms with Gasteiger partial charge in [-0.25, -0.2) is 0 Å². The molecule has 2 atom stereocenters. The number of nitrogens with one attached hydrogen (secondary N) is 1. The third kappa shape index (κ3) is 3.30. The summed E-state index contributed by atoms with van der Waals surface area (Å²) in [5, 5.41) is 10.6. The quantitative estimate of drug-likeness (QED) is 0.737. The van der Waals surface area contributed by atoms with Crippen LogP contribution in [0.15, 0.2) is 6.33 Å². The van der Waals surface area contributed by atoms with Crippen LogP contribution >= 0.6 is 0 Å². The van der Waals surface area contributed by atoms with E-state index in [0.717, 1.165) is 5.82 Å². The fourth-order valence-electron chi connectivity index (χ4n) is 1.45. The van der Waals surface area contributed by atoms with E-state index in [1.165, 1.54) is 0 Å². The van der Waals surface area contributed by atoms with E-state index in [-0.39, 0.29) is 17.9 Å². The highest BCUT2D eigenvalue weighted by Crippen LogP contribution is 2.08. The summed E-state index contributed by atoms with van der Waals surface area (Å²) in [5.41, 5.74) is 5.46. The maximum Gasteiger partial charge on any atom is 0.220 e. The molecule has 1 aromatic heterocycles. The highest BCUT2D eigenvalue weighted by atomic mass is 16.1. The highest BCUT2D eigenvalue weighted by Gasteiger charge is 2.15. The Balaban J connectivity index is 2.49. The third-order valence-corrected chi connectivity index (χ3v) is 2.45. The zero-order chi connectivity index (χ0) is 12.1. The van der Waals surface area contributed by atoms with Crippen LogP contribution in [0.4, 0.5) is 0 Å². The number of hydrogen-bond donors (Lipinski definition) is 2. The van der Waals surface area contributed by atoms with E-state index in [4.69, 9.17) is 5.73 Å². The van der Waals surface area contributed by atoms with Crippen LogP contribution in [-0.4, -0.2) is 27.2 Å². The summed E-state index contributed by atoms with van der Waals surface area (Å²) in [4.78, 5) is 11.6. The Bertz CT molecular complexity index is 349. The second-order valence-electron chi connectivity index (χ2n) is 4.13. The van der Waals surface area contributed by atoms with Gasteiger partial charge in [-0.2, -0.15) is 0 Å². The van der Waals surface area contributed by atoms with Crippen molar-refractivity contribution in [2.24, 2.45) is 18.7 Å². The second kappa shape index (κ2) is 5.60. The Kier molecular flexibility index (Phi) is 4.42. The molecule has 0 aliphatic carbocycles. The van der Waals surface area contributed by atoms with Crippen molar-refractivity contribution < 1.29 is 4.79 Å². The van der Waals surface area contributed by atoms with Gasteiger partial charge in [0.1, 0.15) is 6.33 Å². The first kappa shape index (κ1) is 12.6. The van der Waals surface area contributed by atoms with Crippen LogP contribution in [0.1, 0.15) is 32.1 Å². The molecule has 0 saturated heterocycles. The van der Waals surface area contributed by atoms with Gasteiger partial charge in [-0.15, -0.1) is 10.2 Å². The smallest absolute Gasteiger partial charge is 0.220 e. The highest BCUT2D eigenvalue weighted by molar-refractivity contribution is 5.76. The van der Waals surface area contributed by atoms with Gasteiger partial charge < -0.3 is 15.6 Å². The standard InChI is InChI=1S/C10H19N5O/c1-7(5-11)4-9(16)13-8(2)10-14-12-6-15(10)3/h6-8H,4-5,11H2,1-3H3,(H,13,16).